The quantitative estimate of drug-likeness (QED) is 0.279. The van der Waals surface area contributed by atoms with Crippen LogP contribution in [0.4, 0.5) is 4.79 Å². The molecule has 4 aliphatic heterocycles. The highest BCUT2D eigenvalue weighted by molar-refractivity contribution is 7.86. The van der Waals surface area contributed by atoms with Gasteiger partial charge in [-0.25, -0.2) is 4.79 Å². The molecule has 0 radical (unpaired) electrons. The number of piperidine rings is 4. The van der Waals surface area contributed by atoms with Gasteiger partial charge >= 0.3 is 6.09 Å². The highest BCUT2D eigenvalue weighted by atomic mass is 32.2. The zero-order valence-corrected chi connectivity index (χ0v) is 33.4. The standard InChI is InChI=1S/C35H51N5O7S.2C2H6/c1-35(2,3)47-34(43)36-29-13-21-40(22-14-29)48(44,45)39-19-11-27(12-20-39)25-38-17-15-30(16-18-38)46-23-5-7-26-6-4-8-28(24-26)31-9-10-32(41)37-33(31)42;2*1-2/h4,6,8,24,27,29-31H,9-23,25H2,1-3H3,(H,36,43)(H,37,41,42);2*1-2H3. The molecule has 292 valence electrons. The predicted molar refractivity (Wildman–Crippen MR) is 204 cm³/mol. The second-order valence-corrected chi connectivity index (χ2v) is 16.3. The van der Waals surface area contributed by atoms with Gasteiger partial charge in [0, 0.05) is 63.8 Å². The molecule has 1 atom stereocenters. The highest BCUT2D eigenvalue weighted by Crippen LogP contribution is 2.27. The van der Waals surface area contributed by atoms with E-state index in [1.807, 2.05) is 72.7 Å². The molecule has 12 nitrogen and oxygen atoms in total. The average Bonchev–Trinajstić information content (AvgIpc) is 3.12. The number of hydrogen-bond donors (Lipinski definition) is 2. The molecule has 0 aliphatic carbocycles. The van der Waals surface area contributed by atoms with Crippen LogP contribution in [0.15, 0.2) is 24.3 Å². The summed E-state index contributed by atoms with van der Waals surface area (Å²) in [6.07, 6.45) is 5.31. The van der Waals surface area contributed by atoms with Gasteiger partial charge in [-0.3, -0.25) is 14.9 Å². The van der Waals surface area contributed by atoms with Gasteiger partial charge in [0.2, 0.25) is 11.8 Å². The van der Waals surface area contributed by atoms with Crippen LogP contribution in [0.25, 0.3) is 0 Å². The Morgan fingerprint density at radius 2 is 1.52 bits per heavy atom. The summed E-state index contributed by atoms with van der Waals surface area (Å²) >= 11 is 0. The Kier molecular flexibility index (Phi) is 17.5. The maximum atomic E-state index is 13.4. The first-order valence-electron chi connectivity index (χ1n) is 19.4. The number of amides is 3. The van der Waals surface area contributed by atoms with Crippen LogP contribution < -0.4 is 10.6 Å². The molecule has 1 unspecified atom stereocenters. The van der Waals surface area contributed by atoms with Gasteiger partial charge in [-0.2, -0.15) is 17.0 Å². The molecule has 5 rings (SSSR count). The number of imide groups is 1. The van der Waals surface area contributed by atoms with E-state index in [4.69, 9.17) is 9.47 Å². The van der Waals surface area contributed by atoms with Gasteiger partial charge in [-0.15, -0.1) is 0 Å². The summed E-state index contributed by atoms with van der Waals surface area (Å²) in [6.45, 7) is 18.6. The lowest BCUT2D eigenvalue weighted by molar-refractivity contribution is -0.134. The monoisotopic (exact) mass is 745 g/mol. The van der Waals surface area contributed by atoms with Crippen molar-refractivity contribution in [3.05, 3.63) is 35.4 Å². The Morgan fingerprint density at radius 1 is 0.904 bits per heavy atom. The Morgan fingerprint density at radius 3 is 2.12 bits per heavy atom. The van der Waals surface area contributed by atoms with E-state index in [0.717, 1.165) is 56.4 Å². The van der Waals surface area contributed by atoms with Crippen LogP contribution in [-0.2, 0) is 29.3 Å². The predicted octanol–water partition coefficient (Wildman–Crippen LogP) is 5.04. The fourth-order valence-electron chi connectivity index (χ4n) is 6.96. The number of nitrogens with one attached hydrogen (secondary N) is 2. The highest BCUT2D eigenvalue weighted by Gasteiger charge is 2.36. The van der Waals surface area contributed by atoms with Crippen molar-refractivity contribution in [1.82, 2.24) is 24.1 Å². The summed E-state index contributed by atoms with van der Waals surface area (Å²) in [4.78, 5) is 38.3. The largest absolute Gasteiger partial charge is 0.444 e. The Labute approximate surface area is 312 Å². The average molecular weight is 746 g/mol. The minimum atomic E-state index is -3.52. The van der Waals surface area contributed by atoms with Crippen LogP contribution in [-0.4, -0.2) is 110 Å². The third-order valence-corrected chi connectivity index (χ3v) is 11.6. The summed E-state index contributed by atoms with van der Waals surface area (Å²) < 4.78 is 41.3. The fourth-order valence-corrected chi connectivity index (χ4v) is 8.63. The summed E-state index contributed by atoms with van der Waals surface area (Å²) in [7, 11) is -3.52. The lowest BCUT2D eigenvalue weighted by Crippen LogP contribution is -2.53. The summed E-state index contributed by atoms with van der Waals surface area (Å²) in [5.41, 5.74) is 1.13. The van der Waals surface area contributed by atoms with Gasteiger partial charge in [-0.1, -0.05) is 51.7 Å². The molecule has 3 amide bonds. The molecule has 0 aromatic heterocycles. The van der Waals surface area contributed by atoms with Crippen molar-refractivity contribution < 1.29 is 32.3 Å². The van der Waals surface area contributed by atoms with E-state index in [0.29, 0.717) is 64.4 Å². The maximum Gasteiger partial charge on any atom is 0.407 e. The van der Waals surface area contributed by atoms with E-state index in [2.05, 4.69) is 27.4 Å². The molecule has 0 spiro atoms. The van der Waals surface area contributed by atoms with Crippen LogP contribution >= 0.6 is 0 Å². The smallest absolute Gasteiger partial charge is 0.407 e. The first kappa shape index (κ1) is 43.4. The van der Waals surface area contributed by atoms with Crippen LogP contribution in [0.1, 0.15) is 117 Å². The first-order chi connectivity index (χ1) is 24.9. The number of rotatable bonds is 8. The van der Waals surface area contributed by atoms with E-state index >= 15 is 0 Å². The minimum Gasteiger partial charge on any atom is -0.444 e. The number of benzene rings is 1. The molecule has 4 saturated heterocycles. The number of carbonyl (C=O) groups excluding carboxylic acids is 3. The molecule has 13 heteroatoms. The number of nitrogens with zero attached hydrogens (tertiary/aromatic N) is 3. The van der Waals surface area contributed by atoms with E-state index in [1.165, 1.54) is 0 Å². The van der Waals surface area contributed by atoms with Crippen molar-refractivity contribution in [3.8, 4) is 11.8 Å². The SMILES string of the molecule is CC.CC.CC(C)(C)OC(=O)NC1CCN(S(=O)(=O)N2CCC(CN3CCC(OCC#Cc4cccc(C5CCC(=O)NC5=O)c4)CC3)CC2)CC1. The fraction of sp³-hybridized carbons (Fsp3) is 0.718. The summed E-state index contributed by atoms with van der Waals surface area (Å²) in [5.74, 6) is 5.94. The molecule has 1 aromatic rings. The third kappa shape index (κ3) is 13.4. The number of carbonyl (C=O) groups is 3. The van der Waals surface area contributed by atoms with Crippen molar-refractivity contribution in [2.75, 3.05) is 52.4 Å². The second kappa shape index (κ2) is 21.0. The molecular weight excluding hydrogens is 683 g/mol. The molecule has 0 bridgehead atoms. The zero-order chi connectivity index (χ0) is 38.3. The van der Waals surface area contributed by atoms with Gasteiger partial charge in [0.05, 0.1) is 12.0 Å². The minimum absolute atomic E-state index is 0.0872. The van der Waals surface area contributed by atoms with E-state index < -0.39 is 21.9 Å². The number of alkyl carbamates (subject to hydrolysis) is 1. The number of ether oxygens (including phenoxy) is 2. The van der Waals surface area contributed by atoms with Crippen molar-refractivity contribution in [3.63, 3.8) is 0 Å². The van der Waals surface area contributed by atoms with E-state index in [-0.39, 0.29) is 29.9 Å². The van der Waals surface area contributed by atoms with Gasteiger partial charge in [0.1, 0.15) is 12.2 Å². The molecule has 4 heterocycles. The van der Waals surface area contributed by atoms with Gasteiger partial charge in [0.15, 0.2) is 0 Å². The number of hydrogen-bond acceptors (Lipinski definition) is 8. The molecule has 1 aromatic carbocycles. The third-order valence-electron chi connectivity index (χ3n) is 9.60. The Bertz CT molecular complexity index is 1460. The Balaban J connectivity index is 0.00000176. The van der Waals surface area contributed by atoms with Crippen molar-refractivity contribution in [1.29, 1.82) is 0 Å². The lowest BCUT2D eigenvalue weighted by Gasteiger charge is -2.39. The molecule has 4 fully saturated rings. The van der Waals surface area contributed by atoms with Crippen molar-refractivity contribution in [2.24, 2.45) is 5.92 Å². The van der Waals surface area contributed by atoms with Crippen LogP contribution in [0.3, 0.4) is 0 Å². The number of likely N-dealkylation sites (tertiary alicyclic amines) is 1. The van der Waals surface area contributed by atoms with Crippen LogP contribution in [0, 0.1) is 17.8 Å². The summed E-state index contributed by atoms with van der Waals surface area (Å²) in [5, 5.41) is 5.29. The first-order valence-corrected chi connectivity index (χ1v) is 20.8. The normalized spacial score (nSPS) is 21.7. The molecule has 52 heavy (non-hydrogen) atoms. The molecule has 4 aliphatic rings. The van der Waals surface area contributed by atoms with Gasteiger partial charge in [0.25, 0.3) is 10.2 Å². The molecular formula is C39H63N5O7S. The van der Waals surface area contributed by atoms with Gasteiger partial charge < -0.3 is 19.7 Å². The van der Waals surface area contributed by atoms with Gasteiger partial charge in [-0.05, 0) is 89.3 Å². The zero-order valence-electron chi connectivity index (χ0n) is 32.5. The van der Waals surface area contributed by atoms with Crippen molar-refractivity contribution >= 4 is 28.1 Å². The van der Waals surface area contributed by atoms with Crippen molar-refractivity contribution in [2.45, 2.75) is 123 Å². The maximum absolute atomic E-state index is 13.4. The van der Waals surface area contributed by atoms with Crippen LogP contribution in [0.5, 0.6) is 0 Å². The van der Waals surface area contributed by atoms with E-state index in [9.17, 15) is 22.8 Å². The van der Waals surface area contributed by atoms with Crippen LogP contribution in [0.2, 0.25) is 0 Å². The van der Waals surface area contributed by atoms with E-state index in [1.54, 1.807) is 8.61 Å². The lowest BCUT2D eigenvalue weighted by atomic mass is 9.90. The topological polar surface area (TPSA) is 138 Å². The second-order valence-electron chi connectivity index (χ2n) is 14.4. The summed E-state index contributed by atoms with van der Waals surface area (Å²) in [6, 6.07) is 7.54. The molecule has 0 saturated carbocycles. The molecule has 2 N–H and O–H groups in total. The Hall–Kier alpha value is -3.02.